The van der Waals surface area contributed by atoms with E-state index < -0.39 is 0 Å². The molecule has 0 bridgehead atoms. The first-order valence-electron chi connectivity index (χ1n) is 8.18. The lowest BCUT2D eigenvalue weighted by molar-refractivity contribution is 0.170. The minimum absolute atomic E-state index is 0.123. The fourth-order valence-corrected chi connectivity index (χ4v) is 3.47. The van der Waals surface area contributed by atoms with Gasteiger partial charge in [-0.15, -0.1) is 0 Å². The van der Waals surface area contributed by atoms with Gasteiger partial charge in [-0.25, -0.2) is 0 Å². The van der Waals surface area contributed by atoms with Crippen LogP contribution in [-0.4, -0.2) is 32.4 Å². The van der Waals surface area contributed by atoms with Crippen LogP contribution >= 0.6 is 0 Å². The minimum atomic E-state index is -0.123. The Balaban J connectivity index is 1.82. The first-order chi connectivity index (χ1) is 12.2. The van der Waals surface area contributed by atoms with Crippen molar-refractivity contribution in [3.05, 3.63) is 47.0 Å². The highest BCUT2D eigenvalue weighted by Gasteiger charge is 2.34. The second kappa shape index (κ2) is 6.19. The molecule has 2 aliphatic rings. The van der Waals surface area contributed by atoms with Gasteiger partial charge in [0.2, 0.25) is 12.5 Å². The van der Waals surface area contributed by atoms with Crippen molar-refractivity contribution in [3.8, 4) is 23.3 Å². The number of para-hydroxylation sites is 1. The quantitative estimate of drug-likeness (QED) is 0.929. The molecule has 4 rings (SSSR count). The molecule has 0 amide bonds. The molecule has 1 atom stereocenters. The number of nitrogens with one attached hydrogen (secondary N) is 1. The molecule has 0 saturated carbocycles. The van der Waals surface area contributed by atoms with Gasteiger partial charge in [0.05, 0.1) is 18.4 Å². The van der Waals surface area contributed by atoms with Gasteiger partial charge in [-0.2, -0.15) is 5.26 Å². The largest absolute Gasteiger partial charge is 0.492 e. The molecule has 0 fully saturated rings. The van der Waals surface area contributed by atoms with Crippen LogP contribution < -0.4 is 19.5 Å². The van der Waals surface area contributed by atoms with Crippen LogP contribution in [0.1, 0.15) is 22.9 Å². The average Bonchev–Trinajstić information content (AvgIpc) is 3.11. The molecule has 25 heavy (non-hydrogen) atoms. The van der Waals surface area contributed by atoms with Crippen LogP contribution in [-0.2, 0) is 6.42 Å². The van der Waals surface area contributed by atoms with E-state index in [1.54, 1.807) is 7.11 Å². The van der Waals surface area contributed by atoms with Crippen LogP contribution in [0.15, 0.2) is 30.3 Å². The van der Waals surface area contributed by atoms with Gasteiger partial charge in [0, 0.05) is 12.1 Å². The summed E-state index contributed by atoms with van der Waals surface area (Å²) >= 11 is 0. The van der Waals surface area contributed by atoms with Crippen molar-refractivity contribution in [3.63, 3.8) is 0 Å². The predicted octanol–water partition coefficient (Wildman–Crippen LogP) is 2.89. The number of likely N-dealkylation sites (N-methyl/N-ethyl adjacent to an activating group) is 1. The zero-order chi connectivity index (χ0) is 17.4. The van der Waals surface area contributed by atoms with Gasteiger partial charge in [-0.3, -0.25) is 4.90 Å². The van der Waals surface area contributed by atoms with Crippen LogP contribution in [0.4, 0.5) is 5.69 Å². The molecule has 6 nitrogen and oxygen atoms in total. The Hall–Kier alpha value is -2.91. The van der Waals surface area contributed by atoms with E-state index in [0.29, 0.717) is 17.1 Å². The minimum Gasteiger partial charge on any atom is -0.492 e. The molecule has 1 N–H and O–H groups in total. The van der Waals surface area contributed by atoms with Gasteiger partial charge < -0.3 is 19.5 Å². The van der Waals surface area contributed by atoms with Crippen molar-refractivity contribution < 1.29 is 14.2 Å². The van der Waals surface area contributed by atoms with E-state index in [4.69, 9.17) is 14.2 Å². The van der Waals surface area contributed by atoms with Gasteiger partial charge in [0.25, 0.3) is 0 Å². The fourth-order valence-electron chi connectivity index (χ4n) is 3.47. The maximum absolute atomic E-state index is 9.37. The summed E-state index contributed by atoms with van der Waals surface area (Å²) in [5.41, 5.74) is 3.62. The second-order valence-electron chi connectivity index (χ2n) is 6.15. The predicted molar refractivity (Wildman–Crippen MR) is 93.0 cm³/mol. The number of benzene rings is 2. The fraction of sp³-hybridized carbons (Fsp3) is 0.316. The first kappa shape index (κ1) is 15.6. The SMILES string of the molecule is COc1c2c(cc3c1[C@@H](Nc1ccccc1C#N)N(C)CC3)OCO2. The van der Waals surface area contributed by atoms with Gasteiger partial charge in [-0.1, -0.05) is 12.1 Å². The highest BCUT2D eigenvalue weighted by Crippen LogP contribution is 2.49. The van der Waals surface area contributed by atoms with Crippen LogP contribution in [0.5, 0.6) is 17.2 Å². The molecule has 2 aliphatic heterocycles. The highest BCUT2D eigenvalue weighted by molar-refractivity contribution is 5.64. The smallest absolute Gasteiger partial charge is 0.231 e. The highest BCUT2D eigenvalue weighted by atomic mass is 16.7. The Morgan fingerprint density at radius 1 is 1.32 bits per heavy atom. The second-order valence-corrected chi connectivity index (χ2v) is 6.15. The number of hydrogen-bond donors (Lipinski definition) is 1. The summed E-state index contributed by atoms with van der Waals surface area (Å²) in [5.74, 6) is 2.08. The molecule has 2 aromatic rings. The lowest BCUT2D eigenvalue weighted by Crippen LogP contribution is -2.37. The molecule has 0 aromatic heterocycles. The summed E-state index contributed by atoms with van der Waals surface area (Å²) in [7, 11) is 3.70. The van der Waals surface area contributed by atoms with Gasteiger partial charge >= 0.3 is 0 Å². The van der Waals surface area contributed by atoms with E-state index in [2.05, 4.69) is 23.3 Å². The third-order valence-corrected chi connectivity index (χ3v) is 4.74. The summed E-state index contributed by atoms with van der Waals surface area (Å²) in [6.45, 7) is 1.10. The van der Waals surface area contributed by atoms with Crippen LogP contribution in [0, 0.1) is 11.3 Å². The lowest BCUT2D eigenvalue weighted by atomic mass is 9.94. The van der Waals surface area contributed by atoms with E-state index in [1.807, 2.05) is 30.3 Å². The van der Waals surface area contributed by atoms with E-state index in [9.17, 15) is 5.26 Å². The molecule has 0 unspecified atom stereocenters. The molecule has 0 aliphatic carbocycles. The molecule has 2 aromatic carbocycles. The maximum Gasteiger partial charge on any atom is 0.231 e. The van der Waals surface area contributed by atoms with E-state index in [0.717, 1.165) is 30.0 Å². The van der Waals surface area contributed by atoms with E-state index in [-0.39, 0.29) is 13.0 Å². The zero-order valence-corrected chi connectivity index (χ0v) is 14.2. The molecule has 2 heterocycles. The molecular weight excluding hydrogens is 318 g/mol. The van der Waals surface area contributed by atoms with Crippen LogP contribution in [0.2, 0.25) is 0 Å². The van der Waals surface area contributed by atoms with E-state index >= 15 is 0 Å². The molecule has 6 heteroatoms. The number of ether oxygens (including phenoxy) is 3. The van der Waals surface area contributed by atoms with Gasteiger partial charge in [0.15, 0.2) is 11.5 Å². The summed E-state index contributed by atoms with van der Waals surface area (Å²) in [5, 5.41) is 12.9. The van der Waals surface area contributed by atoms with Crippen molar-refractivity contribution in [2.24, 2.45) is 0 Å². The number of rotatable bonds is 3. The monoisotopic (exact) mass is 337 g/mol. The Bertz CT molecular complexity index is 860. The third-order valence-electron chi connectivity index (χ3n) is 4.74. The lowest BCUT2D eigenvalue weighted by Gasteiger charge is -2.36. The molecule has 0 saturated heterocycles. The maximum atomic E-state index is 9.37. The normalized spacial score (nSPS) is 18.4. The Labute approximate surface area is 146 Å². The number of fused-ring (bicyclic) bond motifs is 2. The van der Waals surface area contributed by atoms with E-state index in [1.165, 1.54) is 5.56 Å². The van der Waals surface area contributed by atoms with Crippen LogP contribution in [0.25, 0.3) is 0 Å². The average molecular weight is 337 g/mol. The first-order valence-corrected chi connectivity index (χ1v) is 8.18. The molecule has 0 radical (unpaired) electrons. The van der Waals surface area contributed by atoms with Gasteiger partial charge in [-0.05, 0) is 37.2 Å². The Morgan fingerprint density at radius 3 is 2.96 bits per heavy atom. The number of hydrogen-bond acceptors (Lipinski definition) is 6. The van der Waals surface area contributed by atoms with Crippen LogP contribution in [0.3, 0.4) is 0 Å². The topological polar surface area (TPSA) is 66.8 Å². The Kier molecular flexibility index (Phi) is 3.86. The molecule has 0 spiro atoms. The number of nitrogens with zero attached hydrogens (tertiary/aromatic N) is 2. The molecule has 128 valence electrons. The molecular formula is C19H19N3O3. The summed E-state index contributed by atoms with van der Waals surface area (Å²) in [6.07, 6.45) is 0.777. The zero-order valence-electron chi connectivity index (χ0n) is 14.2. The summed E-state index contributed by atoms with van der Waals surface area (Å²) in [4.78, 5) is 2.21. The summed E-state index contributed by atoms with van der Waals surface area (Å²) < 4.78 is 16.9. The standard InChI is InChI=1S/C19H19N3O3/c1-22-8-7-12-9-15-17(25-11-24-15)18(23-2)16(12)19(22)21-14-6-4-3-5-13(14)10-20/h3-6,9,19,21H,7-8,11H2,1-2H3/t19-/m0/s1. The number of nitriles is 1. The third kappa shape index (κ3) is 2.53. The van der Waals surface area contributed by atoms with Gasteiger partial charge in [0.1, 0.15) is 12.2 Å². The number of anilines is 1. The van der Waals surface area contributed by atoms with Crippen molar-refractivity contribution in [1.29, 1.82) is 5.26 Å². The Morgan fingerprint density at radius 2 is 2.16 bits per heavy atom. The van der Waals surface area contributed by atoms with Crippen molar-refractivity contribution in [2.45, 2.75) is 12.6 Å². The van der Waals surface area contributed by atoms with Crippen molar-refractivity contribution in [2.75, 3.05) is 32.8 Å². The number of methoxy groups -OCH3 is 1. The van der Waals surface area contributed by atoms with Crippen molar-refractivity contribution in [1.82, 2.24) is 4.90 Å². The summed E-state index contributed by atoms with van der Waals surface area (Å²) in [6, 6.07) is 11.8. The van der Waals surface area contributed by atoms with Crippen molar-refractivity contribution >= 4 is 5.69 Å².